The van der Waals surface area contributed by atoms with E-state index >= 15 is 0 Å². The lowest BCUT2D eigenvalue weighted by atomic mass is 10.0. The highest BCUT2D eigenvalue weighted by Crippen LogP contribution is 2.26. The van der Waals surface area contributed by atoms with Crippen molar-refractivity contribution < 1.29 is 19.1 Å². The van der Waals surface area contributed by atoms with Gasteiger partial charge in [-0.2, -0.15) is 0 Å². The lowest BCUT2D eigenvalue weighted by Crippen LogP contribution is -2.46. The topological polar surface area (TPSA) is 75.7 Å². The monoisotopic (exact) mass is 450 g/mol. The van der Waals surface area contributed by atoms with Crippen molar-refractivity contribution in [3.8, 4) is 0 Å². The summed E-state index contributed by atoms with van der Waals surface area (Å²) in [5.41, 5.74) is 1.99. The minimum Gasteiger partial charge on any atom is -0.445 e. The van der Waals surface area contributed by atoms with Crippen LogP contribution in [0.2, 0.25) is 5.02 Å². The van der Waals surface area contributed by atoms with E-state index in [0.717, 1.165) is 5.56 Å². The maximum atomic E-state index is 13.0. The van der Waals surface area contributed by atoms with Gasteiger partial charge in [0.1, 0.15) is 12.6 Å². The Morgan fingerprint density at radius 2 is 1.59 bits per heavy atom. The van der Waals surface area contributed by atoms with Crippen molar-refractivity contribution >= 4 is 35.1 Å². The summed E-state index contributed by atoms with van der Waals surface area (Å²) in [4.78, 5) is 39.4. The molecule has 0 aliphatic carbocycles. The standard InChI is InChI=1S/C25H23ClN2O4/c1-17(27-25(31)32-16-18-9-5-3-6-10-18)24(30)28(2)22-14-13-20(26)15-21(22)23(29)19-11-7-4-8-12-19/h3-15,17H,16H2,1-2H3,(H,27,31). The molecule has 1 atom stereocenters. The van der Waals surface area contributed by atoms with E-state index in [1.54, 1.807) is 50.4 Å². The second-order valence-corrected chi connectivity index (χ2v) is 7.62. The first-order chi connectivity index (χ1) is 15.4. The van der Waals surface area contributed by atoms with Gasteiger partial charge in [-0.1, -0.05) is 72.3 Å². The third-order valence-corrected chi connectivity index (χ3v) is 5.08. The van der Waals surface area contributed by atoms with E-state index in [1.807, 2.05) is 36.4 Å². The number of alkyl carbamates (subject to hydrolysis) is 1. The summed E-state index contributed by atoms with van der Waals surface area (Å²) >= 11 is 6.12. The third-order valence-electron chi connectivity index (χ3n) is 4.85. The maximum absolute atomic E-state index is 13.0. The van der Waals surface area contributed by atoms with Crippen LogP contribution in [0.4, 0.5) is 10.5 Å². The zero-order chi connectivity index (χ0) is 23.1. The van der Waals surface area contributed by atoms with Crippen LogP contribution in [0.5, 0.6) is 0 Å². The van der Waals surface area contributed by atoms with Crippen LogP contribution < -0.4 is 10.2 Å². The molecule has 0 spiro atoms. The fourth-order valence-corrected chi connectivity index (χ4v) is 3.31. The van der Waals surface area contributed by atoms with Crippen LogP contribution >= 0.6 is 11.6 Å². The number of amides is 2. The maximum Gasteiger partial charge on any atom is 0.408 e. The predicted octanol–water partition coefficient (Wildman–Crippen LogP) is 4.85. The Bertz CT molecular complexity index is 1100. The lowest BCUT2D eigenvalue weighted by molar-refractivity contribution is -0.119. The number of carbonyl (C=O) groups is 3. The number of hydrogen-bond donors (Lipinski definition) is 1. The smallest absolute Gasteiger partial charge is 0.408 e. The molecule has 0 heterocycles. The Labute approximate surface area is 191 Å². The highest BCUT2D eigenvalue weighted by molar-refractivity contribution is 6.31. The van der Waals surface area contributed by atoms with Crippen LogP contribution in [0.25, 0.3) is 0 Å². The Morgan fingerprint density at radius 3 is 2.25 bits per heavy atom. The largest absolute Gasteiger partial charge is 0.445 e. The van der Waals surface area contributed by atoms with E-state index in [1.165, 1.54) is 11.0 Å². The molecular weight excluding hydrogens is 428 g/mol. The van der Waals surface area contributed by atoms with Gasteiger partial charge in [0.25, 0.3) is 0 Å². The zero-order valence-electron chi connectivity index (χ0n) is 17.7. The average Bonchev–Trinajstić information content (AvgIpc) is 2.82. The van der Waals surface area contributed by atoms with Crippen molar-refractivity contribution in [1.82, 2.24) is 5.32 Å². The summed E-state index contributed by atoms with van der Waals surface area (Å²) in [6.07, 6.45) is -0.709. The first-order valence-electron chi connectivity index (χ1n) is 10.0. The van der Waals surface area contributed by atoms with Crippen molar-refractivity contribution in [1.29, 1.82) is 0 Å². The number of benzene rings is 3. The molecule has 3 aromatic rings. The second-order valence-electron chi connectivity index (χ2n) is 7.18. The molecule has 0 aliphatic heterocycles. The minimum atomic E-state index is -0.876. The van der Waals surface area contributed by atoms with E-state index in [-0.39, 0.29) is 12.4 Å². The summed E-state index contributed by atoms with van der Waals surface area (Å²) in [6, 6.07) is 21.8. The van der Waals surface area contributed by atoms with Crippen LogP contribution in [0.3, 0.4) is 0 Å². The molecule has 0 radical (unpaired) electrons. The second kappa shape index (κ2) is 10.6. The van der Waals surface area contributed by atoms with E-state index in [0.29, 0.717) is 21.8 Å². The highest BCUT2D eigenvalue weighted by atomic mass is 35.5. The number of halogens is 1. The van der Waals surface area contributed by atoms with Gasteiger partial charge in [0.05, 0.1) is 5.69 Å². The highest BCUT2D eigenvalue weighted by Gasteiger charge is 2.25. The number of anilines is 1. The van der Waals surface area contributed by atoms with Crippen molar-refractivity contribution in [2.24, 2.45) is 0 Å². The van der Waals surface area contributed by atoms with E-state index in [9.17, 15) is 14.4 Å². The fourth-order valence-electron chi connectivity index (χ4n) is 3.14. The van der Waals surface area contributed by atoms with Gasteiger partial charge >= 0.3 is 6.09 Å². The van der Waals surface area contributed by atoms with Crippen molar-refractivity contribution in [2.45, 2.75) is 19.6 Å². The van der Waals surface area contributed by atoms with Crippen molar-refractivity contribution in [3.05, 3.63) is 101 Å². The quantitative estimate of drug-likeness (QED) is 0.522. The van der Waals surface area contributed by atoms with Gasteiger partial charge in [0, 0.05) is 23.2 Å². The number of ketones is 1. The van der Waals surface area contributed by atoms with Gasteiger partial charge in [-0.3, -0.25) is 9.59 Å². The van der Waals surface area contributed by atoms with Gasteiger partial charge in [-0.15, -0.1) is 0 Å². The molecule has 6 nitrogen and oxygen atoms in total. The van der Waals surface area contributed by atoms with Crippen LogP contribution in [-0.2, 0) is 16.1 Å². The Morgan fingerprint density at radius 1 is 0.969 bits per heavy atom. The summed E-state index contributed by atoms with van der Waals surface area (Å²) in [5.74, 6) is -0.670. The summed E-state index contributed by atoms with van der Waals surface area (Å²) in [5, 5.41) is 2.91. The van der Waals surface area contributed by atoms with Crippen LogP contribution in [-0.4, -0.2) is 30.9 Å². The molecule has 0 saturated heterocycles. The Hall–Kier alpha value is -3.64. The minimum absolute atomic E-state index is 0.0936. The Balaban J connectivity index is 1.71. The molecule has 0 aromatic heterocycles. The number of hydrogen-bond acceptors (Lipinski definition) is 4. The van der Waals surface area contributed by atoms with Gasteiger partial charge in [0.15, 0.2) is 5.78 Å². The molecule has 0 saturated carbocycles. The molecule has 7 heteroatoms. The third kappa shape index (κ3) is 5.74. The van der Waals surface area contributed by atoms with Gasteiger partial charge in [-0.25, -0.2) is 4.79 Å². The SMILES string of the molecule is CC(NC(=O)OCc1ccccc1)C(=O)N(C)c1ccc(Cl)cc1C(=O)c1ccccc1. The van der Waals surface area contributed by atoms with Gasteiger partial charge in [0.2, 0.25) is 5.91 Å². The number of carbonyl (C=O) groups excluding carboxylic acids is 3. The first kappa shape index (κ1) is 23.0. The number of nitrogens with one attached hydrogen (secondary N) is 1. The molecule has 0 aliphatic rings. The summed E-state index contributed by atoms with van der Waals surface area (Å²) < 4.78 is 5.18. The molecule has 164 valence electrons. The van der Waals surface area contributed by atoms with Crippen molar-refractivity contribution in [2.75, 3.05) is 11.9 Å². The van der Waals surface area contributed by atoms with Crippen LogP contribution in [0.15, 0.2) is 78.9 Å². The van der Waals surface area contributed by atoms with E-state index < -0.39 is 18.0 Å². The fraction of sp³-hybridized carbons (Fsp3) is 0.160. The molecule has 2 amide bonds. The average molecular weight is 451 g/mol. The van der Waals surface area contributed by atoms with E-state index in [2.05, 4.69) is 5.32 Å². The first-order valence-corrected chi connectivity index (χ1v) is 10.4. The van der Waals surface area contributed by atoms with Gasteiger partial charge in [-0.05, 0) is 30.7 Å². The molecule has 32 heavy (non-hydrogen) atoms. The molecular formula is C25H23ClN2O4. The number of likely N-dealkylation sites (N-methyl/N-ethyl adjacent to an activating group) is 1. The summed E-state index contributed by atoms with van der Waals surface area (Å²) in [6.45, 7) is 1.65. The number of nitrogens with zero attached hydrogens (tertiary/aromatic N) is 1. The van der Waals surface area contributed by atoms with Crippen LogP contribution in [0, 0.1) is 0 Å². The predicted molar refractivity (Wildman–Crippen MR) is 124 cm³/mol. The molecule has 0 bridgehead atoms. The van der Waals surface area contributed by atoms with Gasteiger partial charge < -0.3 is 15.0 Å². The molecule has 1 unspecified atom stereocenters. The molecule has 3 aromatic carbocycles. The Kier molecular flexibility index (Phi) is 7.63. The molecule has 1 N–H and O–H groups in total. The molecule has 3 rings (SSSR count). The molecule has 0 fully saturated rings. The van der Waals surface area contributed by atoms with Crippen LogP contribution in [0.1, 0.15) is 28.4 Å². The van der Waals surface area contributed by atoms with E-state index in [4.69, 9.17) is 16.3 Å². The number of rotatable bonds is 7. The normalized spacial score (nSPS) is 11.3. The van der Waals surface area contributed by atoms with Crippen molar-refractivity contribution in [3.63, 3.8) is 0 Å². The lowest BCUT2D eigenvalue weighted by Gasteiger charge is -2.24. The summed E-state index contributed by atoms with van der Waals surface area (Å²) in [7, 11) is 1.54. The number of ether oxygens (including phenoxy) is 1. The zero-order valence-corrected chi connectivity index (χ0v) is 18.5.